The topological polar surface area (TPSA) is 79.5 Å². The summed E-state index contributed by atoms with van der Waals surface area (Å²) >= 11 is 0. The minimum atomic E-state index is -1.04. The van der Waals surface area contributed by atoms with Crippen LogP contribution in [0.3, 0.4) is 0 Å². The second kappa shape index (κ2) is 9.47. The Morgan fingerprint density at radius 1 is 1.25 bits per heavy atom. The molecule has 164 valence electrons. The second-order valence-corrected chi connectivity index (χ2v) is 7.40. The maximum atomic E-state index is 13.8. The first-order chi connectivity index (χ1) is 15.2. The quantitative estimate of drug-likeness (QED) is 0.421. The summed E-state index contributed by atoms with van der Waals surface area (Å²) in [7, 11) is 0. The number of carboxylic acid groups (broad SMARTS) is 1. The highest BCUT2D eigenvalue weighted by Crippen LogP contribution is 2.30. The Labute approximate surface area is 185 Å². The molecule has 1 atom stereocenters. The Balaban J connectivity index is 2.17. The number of nitrogens with one attached hydrogen (secondary N) is 1. The summed E-state index contributed by atoms with van der Waals surface area (Å²) in [6.45, 7) is 8.84. The molecule has 1 unspecified atom stereocenters. The molecule has 3 rings (SSSR count). The first kappa shape index (κ1) is 22.7. The van der Waals surface area contributed by atoms with Gasteiger partial charge in [0.15, 0.2) is 5.43 Å². The number of para-hydroxylation sites is 1. The van der Waals surface area contributed by atoms with E-state index in [0.717, 1.165) is 11.6 Å². The van der Waals surface area contributed by atoms with Crippen molar-refractivity contribution in [3.8, 4) is 0 Å². The van der Waals surface area contributed by atoms with Crippen LogP contribution in [0, 0.1) is 6.92 Å². The summed E-state index contributed by atoms with van der Waals surface area (Å²) in [6, 6.07) is 11.2. The van der Waals surface area contributed by atoms with Crippen molar-refractivity contribution >= 4 is 28.2 Å². The first-order valence-corrected chi connectivity index (χ1v) is 10.1. The maximum Gasteiger partial charge on any atom is 0.337 e. The Kier molecular flexibility index (Phi) is 6.73. The molecule has 0 spiro atoms. The number of halogens is 1. The Morgan fingerprint density at radius 2 is 1.97 bits per heavy atom. The van der Waals surface area contributed by atoms with Crippen molar-refractivity contribution in [2.75, 3.05) is 5.32 Å². The third-order valence-corrected chi connectivity index (χ3v) is 5.08. The van der Waals surface area contributed by atoms with E-state index in [1.807, 2.05) is 19.9 Å². The molecule has 1 aromatic heterocycles. The lowest BCUT2D eigenvalue weighted by molar-refractivity contribution is 0.0698. The van der Waals surface area contributed by atoms with Crippen molar-refractivity contribution in [2.45, 2.75) is 26.8 Å². The van der Waals surface area contributed by atoms with Crippen molar-refractivity contribution in [1.82, 2.24) is 0 Å². The Morgan fingerprint density at radius 3 is 2.62 bits per heavy atom. The molecule has 32 heavy (non-hydrogen) atoms. The van der Waals surface area contributed by atoms with Gasteiger partial charge >= 0.3 is 5.97 Å². The van der Waals surface area contributed by atoms with Crippen LogP contribution >= 0.6 is 0 Å². The molecule has 3 aromatic rings. The standard InChI is InChI=1S/C26H24FNO4/c1-5-17(13-18(27)6-2)24-14-23(29)21-12-15(3)11-20(25(21)32-24)16(4)28-22-10-8-7-9-19(22)26(30)31/h5-14,16,28H,2H2,1,3-4H3,(H,30,31)/b17-5+,18-13+. The fraction of sp³-hybridized carbons (Fsp3) is 0.154. The number of aromatic carboxylic acids is 1. The normalized spacial score (nSPS) is 13.1. The van der Waals surface area contributed by atoms with Gasteiger partial charge in [-0.2, -0.15) is 0 Å². The number of rotatable bonds is 7. The van der Waals surface area contributed by atoms with Gasteiger partial charge in [0.05, 0.1) is 17.0 Å². The SMILES string of the molecule is C=C/C(F)=C\C(=C/C)c1cc(=O)c2cc(C)cc(C(C)Nc3ccccc3C(=O)O)c2o1. The summed E-state index contributed by atoms with van der Waals surface area (Å²) in [6.07, 6.45) is 3.96. The molecule has 5 nitrogen and oxygen atoms in total. The average molecular weight is 433 g/mol. The summed E-state index contributed by atoms with van der Waals surface area (Å²) in [4.78, 5) is 24.5. The molecule has 0 aliphatic heterocycles. The monoisotopic (exact) mass is 433 g/mol. The van der Waals surface area contributed by atoms with E-state index >= 15 is 0 Å². The molecule has 2 aromatic carbocycles. The smallest absolute Gasteiger partial charge is 0.337 e. The summed E-state index contributed by atoms with van der Waals surface area (Å²) < 4.78 is 19.9. The molecule has 6 heteroatoms. The average Bonchev–Trinajstić information content (AvgIpc) is 2.77. The number of benzene rings is 2. The van der Waals surface area contributed by atoms with Crippen LogP contribution in [-0.4, -0.2) is 11.1 Å². The lowest BCUT2D eigenvalue weighted by Crippen LogP contribution is -2.12. The largest absolute Gasteiger partial charge is 0.478 e. The van der Waals surface area contributed by atoms with Crippen LogP contribution in [0.15, 0.2) is 82.3 Å². The molecule has 2 N–H and O–H groups in total. The fourth-order valence-electron chi connectivity index (χ4n) is 3.51. The van der Waals surface area contributed by atoms with Gasteiger partial charge in [-0.1, -0.05) is 30.9 Å². The van der Waals surface area contributed by atoms with Crippen molar-refractivity contribution in [3.05, 3.63) is 106 Å². The van der Waals surface area contributed by atoms with Gasteiger partial charge in [0, 0.05) is 22.9 Å². The number of anilines is 1. The van der Waals surface area contributed by atoms with E-state index in [0.29, 0.717) is 27.8 Å². The Bertz CT molecular complexity index is 1320. The summed E-state index contributed by atoms with van der Waals surface area (Å²) in [5.41, 5.74) is 2.64. The van der Waals surface area contributed by atoms with E-state index in [4.69, 9.17) is 4.42 Å². The number of carboxylic acids is 1. The van der Waals surface area contributed by atoms with Gasteiger partial charge in [0.1, 0.15) is 17.2 Å². The van der Waals surface area contributed by atoms with Gasteiger partial charge in [0.2, 0.25) is 0 Å². The molecule has 0 amide bonds. The minimum Gasteiger partial charge on any atom is -0.478 e. The number of allylic oxidation sites excluding steroid dienone is 5. The van der Waals surface area contributed by atoms with Crippen molar-refractivity contribution in [2.24, 2.45) is 0 Å². The lowest BCUT2D eigenvalue weighted by Gasteiger charge is -2.19. The van der Waals surface area contributed by atoms with Gasteiger partial charge in [-0.3, -0.25) is 4.79 Å². The maximum absolute atomic E-state index is 13.8. The lowest BCUT2D eigenvalue weighted by atomic mass is 10.00. The minimum absolute atomic E-state index is 0.139. The molecule has 0 fully saturated rings. The highest BCUT2D eigenvalue weighted by Gasteiger charge is 2.18. The van der Waals surface area contributed by atoms with Crippen molar-refractivity contribution < 1.29 is 18.7 Å². The zero-order valence-electron chi connectivity index (χ0n) is 18.1. The Hall–Kier alpha value is -3.93. The molecule has 0 saturated heterocycles. The van der Waals surface area contributed by atoms with E-state index < -0.39 is 11.8 Å². The van der Waals surface area contributed by atoms with Gasteiger partial charge in [0.25, 0.3) is 0 Å². The van der Waals surface area contributed by atoms with Gasteiger partial charge in [-0.05, 0) is 56.7 Å². The van der Waals surface area contributed by atoms with Gasteiger partial charge < -0.3 is 14.8 Å². The molecule has 1 heterocycles. The van der Waals surface area contributed by atoms with Crippen LogP contribution in [0.1, 0.15) is 47.1 Å². The zero-order chi connectivity index (χ0) is 23.4. The first-order valence-electron chi connectivity index (χ1n) is 10.1. The van der Waals surface area contributed by atoms with Gasteiger partial charge in [-0.15, -0.1) is 0 Å². The highest BCUT2D eigenvalue weighted by molar-refractivity contribution is 5.94. The number of aryl methyl sites for hydroxylation is 1. The second-order valence-electron chi connectivity index (χ2n) is 7.40. The van der Waals surface area contributed by atoms with Crippen LogP contribution in [-0.2, 0) is 0 Å². The van der Waals surface area contributed by atoms with Crippen LogP contribution in [0.2, 0.25) is 0 Å². The third kappa shape index (κ3) is 4.70. The zero-order valence-corrected chi connectivity index (χ0v) is 18.1. The predicted molar refractivity (Wildman–Crippen MR) is 126 cm³/mol. The number of hydrogen-bond acceptors (Lipinski definition) is 4. The molecular weight excluding hydrogens is 409 g/mol. The van der Waals surface area contributed by atoms with Gasteiger partial charge in [-0.25, -0.2) is 9.18 Å². The van der Waals surface area contributed by atoms with E-state index in [1.165, 1.54) is 18.2 Å². The summed E-state index contributed by atoms with van der Waals surface area (Å²) in [5, 5.41) is 13.1. The molecular formula is C26H24FNO4. The van der Waals surface area contributed by atoms with Crippen LogP contribution in [0.25, 0.3) is 16.5 Å². The van der Waals surface area contributed by atoms with Crippen molar-refractivity contribution in [1.29, 1.82) is 0 Å². The number of carbonyl (C=O) groups is 1. The fourth-order valence-corrected chi connectivity index (χ4v) is 3.51. The molecule has 0 radical (unpaired) electrons. The summed E-state index contributed by atoms with van der Waals surface area (Å²) in [5.74, 6) is -1.37. The molecule has 0 bridgehead atoms. The molecule has 0 aliphatic carbocycles. The number of hydrogen-bond donors (Lipinski definition) is 2. The number of fused-ring (bicyclic) bond motifs is 1. The van der Waals surface area contributed by atoms with Crippen LogP contribution in [0.5, 0.6) is 0 Å². The van der Waals surface area contributed by atoms with Crippen molar-refractivity contribution in [3.63, 3.8) is 0 Å². The van der Waals surface area contributed by atoms with E-state index in [2.05, 4.69) is 11.9 Å². The molecule has 0 saturated carbocycles. The molecule has 0 aliphatic rings. The van der Waals surface area contributed by atoms with Crippen LogP contribution in [0.4, 0.5) is 10.1 Å². The van der Waals surface area contributed by atoms with E-state index in [1.54, 1.807) is 37.3 Å². The van der Waals surface area contributed by atoms with E-state index in [-0.39, 0.29) is 22.8 Å². The highest BCUT2D eigenvalue weighted by atomic mass is 19.1. The van der Waals surface area contributed by atoms with Crippen LogP contribution < -0.4 is 10.7 Å². The third-order valence-electron chi connectivity index (χ3n) is 5.08. The van der Waals surface area contributed by atoms with E-state index in [9.17, 15) is 19.1 Å². The predicted octanol–water partition coefficient (Wildman–Crippen LogP) is 6.42.